The Morgan fingerprint density at radius 1 is 1.25 bits per heavy atom. The minimum atomic E-state index is -3.16. The van der Waals surface area contributed by atoms with Crippen LogP contribution >= 0.6 is 0 Å². The van der Waals surface area contributed by atoms with Crippen LogP contribution in [0.2, 0.25) is 0 Å². The van der Waals surface area contributed by atoms with E-state index in [-0.39, 0.29) is 18.6 Å². The number of rotatable bonds is 7. The first-order chi connectivity index (χ1) is 9.62. The van der Waals surface area contributed by atoms with Crippen LogP contribution in [0.5, 0.6) is 17.2 Å². The van der Waals surface area contributed by atoms with Gasteiger partial charge in [0.15, 0.2) is 11.5 Å². The SMILES string of the molecule is O=S(=O)(CCCOc1ccc2c(c1)OCO2)NC1CC1. The highest BCUT2D eigenvalue weighted by Crippen LogP contribution is 2.35. The second kappa shape index (κ2) is 5.49. The normalized spacial score (nSPS) is 17.2. The van der Waals surface area contributed by atoms with Crippen molar-refractivity contribution in [1.82, 2.24) is 4.72 Å². The van der Waals surface area contributed by atoms with Gasteiger partial charge in [-0.1, -0.05) is 0 Å². The van der Waals surface area contributed by atoms with E-state index < -0.39 is 10.0 Å². The van der Waals surface area contributed by atoms with Crippen molar-refractivity contribution in [2.45, 2.75) is 25.3 Å². The molecule has 1 saturated carbocycles. The summed E-state index contributed by atoms with van der Waals surface area (Å²) in [4.78, 5) is 0. The lowest BCUT2D eigenvalue weighted by Crippen LogP contribution is -2.28. The summed E-state index contributed by atoms with van der Waals surface area (Å²) in [5, 5.41) is 0. The van der Waals surface area contributed by atoms with E-state index in [9.17, 15) is 8.42 Å². The lowest BCUT2D eigenvalue weighted by Gasteiger charge is -2.08. The molecule has 2 aliphatic rings. The molecule has 1 aromatic rings. The van der Waals surface area contributed by atoms with Gasteiger partial charge in [-0.15, -0.1) is 0 Å². The van der Waals surface area contributed by atoms with Crippen molar-refractivity contribution in [3.05, 3.63) is 18.2 Å². The molecule has 1 aliphatic heterocycles. The maximum atomic E-state index is 11.6. The summed E-state index contributed by atoms with van der Waals surface area (Å²) in [5.41, 5.74) is 0. The van der Waals surface area contributed by atoms with E-state index in [0.717, 1.165) is 12.8 Å². The number of benzene rings is 1. The zero-order chi connectivity index (χ0) is 14.0. The van der Waals surface area contributed by atoms with E-state index in [1.54, 1.807) is 18.2 Å². The summed E-state index contributed by atoms with van der Waals surface area (Å²) in [5.74, 6) is 2.11. The molecule has 1 heterocycles. The van der Waals surface area contributed by atoms with Crippen molar-refractivity contribution in [2.24, 2.45) is 0 Å². The van der Waals surface area contributed by atoms with Gasteiger partial charge in [0.2, 0.25) is 16.8 Å². The van der Waals surface area contributed by atoms with Crippen LogP contribution in [0.4, 0.5) is 0 Å². The van der Waals surface area contributed by atoms with Crippen molar-refractivity contribution in [3.63, 3.8) is 0 Å². The molecule has 0 unspecified atom stereocenters. The summed E-state index contributed by atoms with van der Waals surface area (Å²) in [6, 6.07) is 5.47. The Hall–Kier alpha value is -1.47. The van der Waals surface area contributed by atoms with Gasteiger partial charge in [-0.2, -0.15) is 0 Å². The third kappa shape index (κ3) is 3.55. The molecule has 1 aromatic carbocycles. The van der Waals surface area contributed by atoms with Crippen molar-refractivity contribution < 1.29 is 22.6 Å². The summed E-state index contributed by atoms with van der Waals surface area (Å²) < 4.78 is 41.9. The molecule has 0 spiro atoms. The van der Waals surface area contributed by atoms with E-state index in [1.807, 2.05) is 0 Å². The molecule has 0 aromatic heterocycles. The van der Waals surface area contributed by atoms with Gasteiger partial charge in [-0.3, -0.25) is 0 Å². The van der Waals surface area contributed by atoms with Crippen LogP contribution in [0.25, 0.3) is 0 Å². The van der Waals surface area contributed by atoms with Crippen LogP contribution in [0.3, 0.4) is 0 Å². The second-order valence-electron chi connectivity index (χ2n) is 4.93. The van der Waals surface area contributed by atoms with Crippen molar-refractivity contribution >= 4 is 10.0 Å². The van der Waals surface area contributed by atoms with Crippen LogP contribution in [0.15, 0.2) is 18.2 Å². The highest BCUT2D eigenvalue weighted by molar-refractivity contribution is 7.89. The van der Waals surface area contributed by atoms with Crippen molar-refractivity contribution in [2.75, 3.05) is 19.2 Å². The molecule has 110 valence electrons. The number of sulfonamides is 1. The predicted octanol–water partition coefficient (Wildman–Crippen LogP) is 1.27. The molecule has 1 fully saturated rings. The Bertz CT molecular complexity index is 582. The molecule has 7 heteroatoms. The van der Waals surface area contributed by atoms with Gasteiger partial charge in [-0.25, -0.2) is 13.1 Å². The fourth-order valence-electron chi connectivity index (χ4n) is 1.92. The van der Waals surface area contributed by atoms with Gasteiger partial charge in [0.25, 0.3) is 0 Å². The number of nitrogens with one attached hydrogen (secondary N) is 1. The van der Waals surface area contributed by atoms with Crippen molar-refractivity contribution in [3.8, 4) is 17.2 Å². The smallest absolute Gasteiger partial charge is 0.231 e. The Labute approximate surface area is 118 Å². The maximum Gasteiger partial charge on any atom is 0.231 e. The molecular formula is C13H17NO5S. The zero-order valence-corrected chi connectivity index (χ0v) is 11.8. The van der Waals surface area contributed by atoms with Crippen LogP contribution in [-0.2, 0) is 10.0 Å². The third-order valence-electron chi connectivity index (χ3n) is 3.09. The molecule has 3 rings (SSSR count). The van der Waals surface area contributed by atoms with E-state index >= 15 is 0 Å². The number of hydrogen-bond acceptors (Lipinski definition) is 5. The zero-order valence-electron chi connectivity index (χ0n) is 11.0. The first-order valence-electron chi connectivity index (χ1n) is 6.65. The highest BCUT2D eigenvalue weighted by atomic mass is 32.2. The average molecular weight is 299 g/mol. The monoisotopic (exact) mass is 299 g/mol. The third-order valence-corrected chi connectivity index (χ3v) is 4.61. The van der Waals surface area contributed by atoms with Gasteiger partial charge in [0.05, 0.1) is 12.4 Å². The summed E-state index contributed by atoms with van der Waals surface area (Å²) in [6.07, 6.45) is 2.36. The van der Waals surface area contributed by atoms with Crippen LogP contribution in [0, 0.1) is 0 Å². The second-order valence-corrected chi connectivity index (χ2v) is 6.80. The van der Waals surface area contributed by atoms with E-state index in [2.05, 4.69) is 4.72 Å². The molecule has 1 aliphatic carbocycles. The van der Waals surface area contributed by atoms with Crippen LogP contribution in [0.1, 0.15) is 19.3 Å². The standard InChI is InChI=1S/C13H17NO5S/c15-20(16,14-10-2-3-10)7-1-6-17-11-4-5-12-13(8-11)19-9-18-12/h4-5,8,10,14H,1-3,6-7,9H2. The minimum absolute atomic E-state index is 0.0913. The van der Waals surface area contributed by atoms with E-state index in [4.69, 9.17) is 14.2 Å². The molecule has 0 radical (unpaired) electrons. The lowest BCUT2D eigenvalue weighted by molar-refractivity contribution is 0.173. The lowest BCUT2D eigenvalue weighted by atomic mass is 10.3. The first kappa shape index (κ1) is 13.5. The maximum absolute atomic E-state index is 11.6. The van der Waals surface area contributed by atoms with Crippen LogP contribution < -0.4 is 18.9 Å². The molecule has 0 amide bonds. The minimum Gasteiger partial charge on any atom is -0.493 e. The highest BCUT2D eigenvalue weighted by Gasteiger charge is 2.26. The fraction of sp³-hybridized carbons (Fsp3) is 0.538. The fourth-order valence-corrected chi connectivity index (χ4v) is 3.28. The number of fused-ring (bicyclic) bond motifs is 1. The average Bonchev–Trinajstić information content (AvgIpc) is 3.07. The summed E-state index contributed by atoms with van der Waals surface area (Å²) in [6.45, 7) is 0.578. The summed E-state index contributed by atoms with van der Waals surface area (Å²) in [7, 11) is -3.16. The topological polar surface area (TPSA) is 73.9 Å². The molecule has 1 N–H and O–H groups in total. The largest absolute Gasteiger partial charge is 0.493 e. The van der Waals surface area contributed by atoms with E-state index in [0.29, 0.717) is 30.3 Å². The predicted molar refractivity (Wildman–Crippen MR) is 72.6 cm³/mol. The molecule has 0 bridgehead atoms. The Morgan fingerprint density at radius 3 is 2.85 bits per heavy atom. The number of ether oxygens (including phenoxy) is 3. The molecule has 0 atom stereocenters. The van der Waals surface area contributed by atoms with Gasteiger partial charge in [0.1, 0.15) is 5.75 Å². The summed E-state index contributed by atoms with van der Waals surface area (Å²) >= 11 is 0. The Morgan fingerprint density at radius 2 is 2.05 bits per heavy atom. The Balaban J connectivity index is 1.43. The molecule has 0 saturated heterocycles. The quantitative estimate of drug-likeness (QED) is 0.767. The van der Waals surface area contributed by atoms with Gasteiger partial charge in [0, 0.05) is 12.1 Å². The van der Waals surface area contributed by atoms with E-state index in [1.165, 1.54) is 0 Å². The molecular weight excluding hydrogens is 282 g/mol. The molecule has 20 heavy (non-hydrogen) atoms. The van der Waals surface area contributed by atoms with Crippen LogP contribution in [-0.4, -0.2) is 33.6 Å². The Kier molecular flexibility index (Phi) is 3.71. The number of hydrogen-bond donors (Lipinski definition) is 1. The van der Waals surface area contributed by atoms with Gasteiger partial charge in [-0.05, 0) is 31.4 Å². The van der Waals surface area contributed by atoms with Crippen molar-refractivity contribution in [1.29, 1.82) is 0 Å². The van der Waals surface area contributed by atoms with Gasteiger partial charge < -0.3 is 14.2 Å². The molecule has 6 nitrogen and oxygen atoms in total. The first-order valence-corrected chi connectivity index (χ1v) is 8.30. The van der Waals surface area contributed by atoms with Gasteiger partial charge >= 0.3 is 0 Å².